The highest BCUT2D eigenvalue weighted by molar-refractivity contribution is 5.39. The van der Waals surface area contributed by atoms with Crippen LogP contribution in [-0.4, -0.2) is 6.61 Å². The topological polar surface area (TPSA) is 35.2 Å². The van der Waals surface area contributed by atoms with E-state index >= 15 is 0 Å². The second-order valence-corrected chi connectivity index (χ2v) is 5.15. The minimum absolute atomic E-state index is 0.178. The summed E-state index contributed by atoms with van der Waals surface area (Å²) in [5.41, 5.74) is 7.71. The van der Waals surface area contributed by atoms with E-state index in [9.17, 15) is 0 Å². The lowest BCUT2D eigenvalue weighted by Gasteiger charge is -2.23. The molecule has 1 aromatic rings. The van der Waals surface area contributed by atoms with Crippen molar-refractivity contribution in [2.45, 2.75) is 45.1 Å². The van der Waals surface area contributed by atoms with Crippen LogP contribution >= 0.6 is 0 Å². The van der Waals surface area contributed by atoms with E-state index in [1.165, 1.54) is 37.7 Å². The number of hydrogen-bond donors (Lipinski definition) is 1. The van der Waals surface area contributed by atoms with Crippen LogP contribution in [0.25, 0.3) is 0 Å². The van der Waals surface area contributed by atoms with Crippen LogP contribution in [0.15, 0.2) is 24.3 Å². The molecule has 2 rings (SSSR count). The van der Waals surface area contributed by atoms with Crippen molar-refractivity contribution >= 4 is 5.69 Å². The molecule has 1 saturated carbocycles. The predicted molar refractivity (Wildman–Crippen MR) is 71.8 cm³/mol. The van der Waals surface area contributed by atoms with Gasteiger partial charge in [-0.25, -0.2) is 0 Å². The van der Waals surface area contributed by atoms with Crippen LogP contribution in [0.1, 0.15) is 50.7 Å². The minimum atomic E-state index is 0.178. The Balaban J connectivity index is 1.80. The van der Waals surface area contributed by atoms with Gasteiger partial charge >= 0.3 is 0 Å². The van der Waals surface area contributed by atoms with Crippen molar-refractivity contribution in [3.8, 4) is 0 Å². The zero-order valence-corrected chi connectivity index (χ0v) is 10.7. The van der Waals surface area contributed by atoms with Crippen molar-refractivity contribution in [3.63, 3.8) is 0 Å². The SMILES string of the molecule is CC(OCC1CCCCC1)c1ccc(N)cc1. The molecule has 2 nitrogen and oxygen atoms in total. The normalized spacial score (nSPS) is 19.1. The number of anilines is 1. The summed E-state index contributed by atoms with van der Waals surface area (Å²) >= 11 is 0. The Labute approximate surface area is 104 Å². The highest BCUT2D eigenvalue weighted by Crippen LogP contribution is 2.26. The molecule has 0 spiro atoms. The summed E-state index contributed by atoms with van der Waals surface area (Å²) in [6.45, 7) is 3.03. The summed E-state index contributed by atoms with van der Waals surface area (Å²) in [5.74, 6) is 0.778. The zero-order valence-electron chi connectivity index (χ0n) is 10.7. The first-order valence-electron chi connectivity index (χ1n) is 6.73. The molecule has 1 unspecified atom stereocenters. The second-order valence-electron chi connectivity index (χ2n) is 5.15. The van der Waals surface area contributed by atoms with Crippen molar-refractivity contribution in [2.24, 2.45) is 5.92 Å². The monoisotopic (exact) mass is 233 g/mol. The van der Waals surface area contributed by atoms with Crippen LogP contribution in [0.3, 0.4) is 0 Å². The zero-order chi connectivity index (χ0) is 12.1. The van der Waals surface area contributed by atoms with Gasteiger partial charge in [-0.15, -0.1) is 0 Å². The third kappa shape index (κ3) is 3.74. The van der Waals surface area contributed by atoms with Gasteiger partial charge in [0.05, 0.1) is 12.7 Å². The van der Waals surface area contributed by atoms with Gasteiger partial charge in [0.2, 0.25) is 0 Å². The van der Waals surface area contributed by atoms with Crippen LogP contribution in [0.2, 0.25) is 0 Å². The molecule has 0 heterocycles. The molecule has 94 valence electrons. The molecular weight excluding hydrogens is 210 g/mol. The maximum atomic E-state index is 5.97. The Bertz CT molecular complexity index is 327. The number of benzene rings is 1. The first-order valence-corrected chi connectivity index (χ1v) is 6.73. The molecule has 0 aliphatic heterocycles. The summed E-state index contributed by atoms with van der Waals surface area (Å²) in [6, 6.07) is 7.99. The number of ether oxygens (including phenoxy) is 1. The van der Waals surface area contributed by atoms with Gasteiger partial charge in [-0.1, -0.05) is 31.4 Å². The lowest BCUT2D eigenvalue weighted by molar-refractivity contribution is 0.0302. The quantitative estimate of drug-likeness (QED) is 0.800. The Morgan fingerprint density at radius 2 is 1.82 bits per heavy atom. The second kappa shape index (κ2) is 6.06. The number of hydrogen-bond acceptors (Lipinski definition) is 2. The molecular formula is C15H23NO. The summed E-state index contributed by atoms with van der Waals surface area (Å²) in [4.78, 5) is 0. The number of nitrogens with two attached hydrogens (primary N) is 1. The summed E-state index contributed by atoms with van der Waals surface area (Å²) < 4.78 is 5.97. The molecule has 0 aromatic heterocycles. The van der Waals surface area contributed by atoms with Crippen molar-refractivity contribution in [1.82, 2.24) is 0 Å². The molecule has 0 amide bonds. The molecule has 0 radical (unpaired) electrons. The van der Waals surface area contributed by atoms with Crippen LogP contribution in [0.5, 0.6) is 0 Å². The van der Waals surface area contributed by atoms with Crippen molar-refractivity contribution in [1.29, 1.82) is 0 Å². The van der Waals surface area contributed by atoms with E-state index in [1.807, 2.05) is 12.1 Å². The lowest BCUT2D eigenvalue weighted by Crippen LogP contribution is -2.14. The maximum Gasteiger partial charge on any atom is 0.0796 e. The minimum Gasteiger partial charge on any atom is -0.399 e. The fraction of sp³-hybridized carbons (Fsp3) is 0.600. The number of nitrogen functional groups attached to an aromatic ring is 1. The Morgan fingerprint density at radius 3 is 2.47 bits per heavy atom. The lowest BCUT2D eigenvalue weighted by atomic mass is 9.90. The van der Waals surface area contributed by atoms with Crippen LogP contribution in [0, 0.1) is 5.92 Å². The van der Waals surface area contributed by atoms with E-state index in [0.29, 0.717) is 0 Å². The van der Waals surface area contributed by atoms with Gasteiger partial charge in [-0.2, -0.15) is 0 Å². The molecule has 1 aliphatic rings. The molecule has 1 aliphatic carbocycles. The van der Waals surface area contributed by atoms with Crippen LogP contribution in [-0.2, 0) is 4.74 Å². The first kappa shape index (κ1) is 12.4. The van der Waals surface area contributed by atoms with E-state index in [0.717, 1.165) is 18.2 Å². The van der Waals surface area contributed by atoms with Crippen molar-refractivity contribution in [3.05, 3.63) is 29.8 Å². The standard InChI is InChI=1S/C15H23NO/c1-12(14-7-9-15(16)10-8-14)17-11-13-5-3-2-4-6-13/h7-10,12-13H,2-6,11,16H2,1H3. The van der Waals surface area contributed by atoms with Crippen molar-refractivity contribution < 1.29 is 4.74 Å². The number of rotatable bonds is 4. The fourth-order valence-electron chi connectivity index (χ4n) is 2.50. The average Bonchev–Trinajstić information content (AvgIpc) is 2.38. The van der Waals surface area contributed by atoms with Gasteiger partial charge in [0, 0.05) is 5.69 Å². The van der Waals surface area contributed by atoms with Gasteiger partial charge in [0.1, 0.15) is 0 Å². The Hall–Kier alpha value is -1.02. The largest absolute Gasteiger partial charge is 0.399 e. The van der Waals surface area contributed by atoms with Crippen molar-refractivity contribution in [2.75, 3.05) is 12.3 Å². The molecule has 0 bridgehead atoms. The molecule has 2 heteroatoms. The molecule has 2 N–H and O–H groups in total. The average molecular weight is 233 g/mol. The van der Waals surface area contributed by atoms with Gasteiger partial charge in [-0.3, -0.25) is 0 Å². The van der Waals surface area contributed by atoms with E-state index in [-0.39, 0.29) is 6.10 Å². The highest BCUT2D eigenvalue weighted by atomic mass is 16.5. The van der Waals surface area contributed by atoms with E-state index < -0.39 is 0 Å². The Kier molecular flexibility index (Phi) is 4.43. The highest BCUT2D eigenvalue weighted by Gasteiger charge is 2.15. The molecule has 0 saturated heterocycles. The third-order valence-corrected chi connectivity index (χ3v) is 3.71. The molecule has 1 fully saturated rings. The molecule has 17 heavy (non-hydrogen) atoms. The van der Waals surface area contributed by atoms with Gasteiger partial charge in [-0.05, 0) is 43.4 Å². The van der Waals surface area contributed by atoms with Crippen LogP contribution < -0.4 is 5.73 Å². The van der Waals surface area contributed by atoms with E-state index in [1.54, 1.807) is 0 Å². The van der Waals surface area contributed by atoms with Gasteiger partial charge in [0.15, 0.2) is 0 Å². The Morgan fingerprint density at radius 1 is 1.18 bits per heavy atom. The predicted octanol–water partition coefficient (Wildman–Crippen LogP) is 3.93. The summed E-state index contributed by atoms with van der Waals surface area (Å²) in [6.07, 6.45) is 7.03. The van der Waals surface area contributed by atoms with Gasteiger partial charge < -0.3 is 10.5 Å². The maximum absolute atomic E-state index is 5.97. The van der Waals surface area contributed by atoms with E-state index in [2.05, 4.69) is 19.1 Å². The van der Waals surface area contributed by atoms with Gasteiger partial charge in [0.25, 0.3) is 0 Å². The summed E-state index contributed by atoms with van der Waals surface area (Å²) in [7, 11) is 0. The molecule has 1 aromatic carbocycles. The van der Waals surface area contributed by atoms with E-state index in [4.69, 9.17) is 10.5 Å². The smallest absolute Gasteiger partial charge is 0.0796 e. The fourth-order valence-corrected chi connectivity index (χ4v) is 2.50. The molecule has 1 atom stereocenters. The third-order valence-electron chi connectivity index (χ3n) is 3.71. The summed E-state index contributed by atoms with van der Waals surface area (Å²) in [5, 5.41) is 0. The first-order chi connectivity index (χ1) is 8.25. The van der Waals surface area contributed by atoms with Crippen LogP contribution in [0.4, 0.5) is 5.69 Å².